The van der Waals surface area contributed by atoms with Gasteiger partial charge in [-0.25, -0.2) is 0 Å². The number of benzene rings is 2. The summed E-state index contributed by atoms with van der Waals surface area (Å²) in [6.07, 6.45) is 8.28. The van der Waals surface area contributed by atoms with E-state index in [0.717, 1.165) is 85.3 Å². The smallest absolute Gasteiger partial charge is 0.209 e. The van der Waals surface area contributed by atoms with Crippen molar-refractivity contribution in [1.29, 1.82) is 0 Å². The van der Waals surface area contributed by atoms with E-state index in [1.165, 1.54) is 5.56 Å². The highest BCUT2D eigenvalue weighted by molar-refractivity contribution is 6.33. The summed E-state index contributed by atoms with van der Waals surface area (Å²) in [6.45, 7) is 2.43. The number of pyridine rings is 1. The average Bonchev–Trinajstić information content (AvgIpc) is 2.84. The number of nitrogens with zero attached hydrogens (tertiary/aromatic N) is 2. The summed E-state index contributed by atoms with van der Waals surface area (Å²) in [7, 11) is 1.75. The number of hydrogen-bond donors (Lipinski definition) is 0. The zero-order valence-electron chi connectivity index (χ0n) is 18.7. The summed E-state index contributed by atoms with van der Waals surface area (Å²) in [5.41, 5.74) is 4.38. The molecule has 2 atom stereocenters. The van der Waals surface area contributed by atoms with Gasteiger partial charge in [-0.05, 0) is 61.3 Å². The Labute approximate surface area is 195 Å². The molecular weight excluding hydrogens is 420 g/mol. The first-order chi connectivity index (χ1) is 15.7. The number of aromatic nitrogens is 1. The van der Waals surface area contributed by atoms with Gasteiger partial charge in [0, 0.05) is 54.5 Å². The molecule has 4 rings (SSSR count). The number of unbranched alkanes of at least 4 members (excludes halogenated alkanes) is 1. The van der Waals surface area contributed by atoms with Crippen LogP contribution in [0.2, 0.25) is 5.02 Å². The Hall–Kier alpha value is -2.43. The quantitative estimate of drug-likeness (QED) is 0.283. The van der Waals surface area contributed by atoms with Crippen LogP contribution in [0, 0.1) is 5.92 Å². The van der Waals surface area contributed by atoms with Crippen molar-refractivity contribution in [3.63, 3.8) is 0 Å². The highest BCUT2D eigenvalue weighted by Crippen LogP contribution is 2.43. The number of ether oxygens (including phenoxy) is 1. The first-order valence-corrected chi connectivity index (χ1v) is 11.9. The number of carbonyl (C=O) groups excluding carboxylic acids is 1. The summed E-state index contributed by atoms with van der Waals surface area (Å²) in [4.78, 5) is 18.1. The van der Waals surface area contributed by atoms with E-state index in [4.69, 9.17) is 21.3 Å². The lowest BCUT2D eigenvalue weighted by Gasteiger charge is -2.36. The Morgan fingerprint density at radius 3 is 2.94 bits per heavy atom. The fourth-order valence-corrected chi connectivity index (χ4v) is 5.37. The molecule has 1 aliphatic heterocycles. The van der Waals surface area contributed by atoms with Crippen molar-refractivity contribution in [3.8, 4) is 11.1 Å². The molecule has 1 fully saturated rings. The monoisotopic (exact) mass is 450 g/mol. The number of para-hydroxylation sites is 1. The molecule has 2 heterocycles. The molecule has 1 saturated heterocycles. The number of fused-ring (bicyclic) bond motifs is 1. The largest absolute Gasteiger partial charge is 0.385 e. The second-order valence-electron chi connectivity index (χ2n) is 8.72. The molecule has 0 spiro atoms. The number of methoxy groups -OCH3 is 1. The average molecular weight is 451 g/mol. The zero-order valence-corrected chi connectivity index (χ0v) is 19.4. The van der Waals surface area contributed by atoms with Gasteiger partial charge in [-0.2, -0.15) is 0 Å². The number of likely N-dealkylation sites (tertiary alicyclic amines) is 1. The van der Waals surface area contributed by atoms with Crippen molar-refractivity contribution in [1.82, 2.24) is 9.88 Å². The fourth-order valence-electron chi connectivity index (χ4n) is 5.08. The molecule has 0 radical (unpaired) electrons. The molecule has 0 saturated carbocycles. The molecule has 0 bridgehead atoms. The van der Waals surface area contributed by atoms with Gasteiger partial charge in [0.15, 0.2) is 0 Å². The van der Waals surface area contributed by atoms with Gasteiger partial charge in [-0.15, -0.1) is 0 Å². The maximum Gasteiger partial charge on any atom is 0.209 e. The van der Waals surface area contributed by atoms with Crippen molar-refractivity contribution >= 4 is 28.9 Å². The molecule has 2 aromatic carbocycles. The number of hydrogen-bond acceptors (Lipinski definition) is 3. The number of halogens is 1. The van der Waals surface area contributed by atoms with Gasteiger partial charge >= 0.3 is 0 Å². The van der Waals surface area contributed by atoms with E-state index in [1.807, 2.05) is 35.4 Å². The van der Waals surface area contributed by atoms with Crippen LogP contribution in [0.15, 0.2) is 54.7 Å². The first kappa shape index (κ1) is 22.8. The van der Waals surface area contributed by atoms with Crippen molar-refractivity contribution in [2.75, 3.05) is 26.8 Å². The summed E-state index contributed by atoms with van der Waals surface area (Å²) >= 11 is 6.82. The Morgan fingerprint density at radius 1 is 1.22 bits per heavy atom. The summed E-state index contributed by atoms with van der Waals surface area (Å²) in [6, 6.07) is 16.6. The lowest BCUT2D eigenvalue weighted by Crippen LogP contribution is -2.37. The highest BCUT2D eigenvalue weighted by Gasteiger charge is 2.30. The third kappa shape index (κ3) is 5.13. The van der Waals surface area contributed by atoms with E-state index in [9.17, 15) is 4.79 Å². The fraction of sp³-hybridized carbons (Fsp3) is 0.407. The van der Waals surface area contributed by atoms with Crippen LogP contribution in [0.4, 0.5) is 0 Å². The SMILES string of the molecule is COCCCCC(c1cccc(Cl)c1-c1cnc2ccccc2c1)C1CCCN(C=O)C1. The van der Waals surface area contributed by atoms with E-state index >= 15 is 0 Å². The van der Waals surface area contributed by atoms with E-state index < -0.39 is 0 Å². The molecule has 2 unspecified atom stereocenters. The van der Waals surface area contributed by atoms with E-state index in [0.29, 0.717) is 11.8 Å². The number of carbonyl (C=O) groups is 1. The van der Waals surface area contributed by atoms with E-state index in [-0.39, 0.29) is 0 Å². The molecule has 0 aliphatic carbocycles. The predicted molar refractivity (Wildman–Crippen MR) is 131 cm³/mol. The lowest BCUT2D eigenvalue weighted by molar-refractivity contribution is -0.119. The normalized spacial score (nSPS) is 17.4. The van der Waals surface area contributed by atoms with Crippen molar-refractivity contribution in [3.05, 3.63) is 65.3 Å². The molecule has 0 N–H and O–H groups in total. The Balaban J connectivity index is 1.74. The van der Waals surface area contributed by atoms with Crippen LogP contribution in [0.1, 0.15) is 43.6 Å². The van der Waals surface area contributed by atoms with Gasteiger partial charge < -0.3 is 9.64 Å². The van der Waals surface area contributed by atoms with Crippen molar-refractivity contribution in [2.45, 2.75) is 38.0 Å². The molecule has 3 aromatic rings. The van der Waals surface area contributed by atoms with Gasteiger partial charge in [0.1, 0.15) is 0 Å². The van der Waals surface area contributed by atoms with Gasteiger partial charge in [-0.3, -0.25) is 9.78 Å². The Bertz CT molecular complexity index is 1050. The van der Waals surface area contributed by atoms with E-state index in [1.54, 1.807) is 7.11 Å². The predicted octanol–water partition coefficient (Wildman–Crippen LogP) is 6.32. The number of piperidine rings is 1. The van der Waals surface area contributed by atoms with Crippen LogP contribution in [-0.2, 0) is 9.53 Å². The molecule has 1 aliphatic rings. The molecule has 168 valence electrons. The Kier molecular flexibility index (Phi) is 7.77. The third-order valence-electron chi connectivity index (χ3n) is 6.65. The maximum absolute atomic E-state index is 11.5. The van der Waals surface area contributed by atoms with Crippen LogP contribution < -0.4 is 0 Å². The van der Waals surface area contributed by atoms with Crippen LogP contribution in [0.5, 0.6) is 0 Å². The second-order valence-corrected chi connectivity index (χ2v) is 9.13. The molecule has 4 nitrogen and oxygen atoms in total. The van der Waals surface area contributed by atoms with Gasteiger partial charge in [0.2, 0.25) is 6.41 Å². The van der Waals surface area contributed by atoms with Crippen LogP contribution in [0.25, 0.3) is 22.0 Å². The standard InChI is InChI=1S/C27H31ClN2O2/c1-32-15-5-4-10-23(21-9-7-14-30(18-21)19-31)24-11-6-12-25(28)27(24)22-16-20-8-2-3-13-26(20)29-17-22/h2-3,6,8,11-13,16-17,19,21,23H,4-5,7,9-10,14-15,18H2,1H3. The topological polar surface area (TPSA) is 42.4 Å². The van der Waals surface area contributed by atoms with Crippen molar-refractivity contribution in [2.24, 2.45) is 5.92 Å². The number of amides is 1. The Morgan fingerprint density at radius 2 is 2.09 bits per heavy atom. The molecular formula is C27H31ClN2O2. The summed E-state index contributed by atoms with van der Waals surface area (Å²) in [5, 5.41) is 1.86. The third-order valence-corrected chi connectivity index (χ3v) is 6.96. The van der Waals surface area contributed by atoms with Crippen molar-refractivity contribution < 1.29 is 9.53 Å². The minimum Gasteiger partial charge on any atom is -0.385 e. The lowest BCUT2D eigenvalue weighted by atomic mass is 9.76. The second kappa shape index (κ2) is 10.9. The molecule has 5 heteroatoms. The van der Waals surface area contributed by atoms with Crippen LogP contribution in [0.3, 0.4) is 0 Å². The first-order valence-electron chi connectivity index (χ1n) is 11.5. The molecule has 1 aromatic heterocycles. The van der Waals surface area contributed by atoms with Crippen LogP contribution >= 0.6 is 11.6 Å². The number of rotatable bonds is 9. The summed E-state index contributed by atoms with van der Waals surface area (Å²) in [5.74, 6) is 0.747. The zero-order chi connectivity index (χ0) is 22.3. The van der Waals surface area contributed by atoms with Gasteiger partial charge in [-0.1, -0.05) is 48.4 Å². The molecule has 32 heavy (non-hydrogen) atoms. The molecule has 1 amide bonds. The van der Waals surface area contributed by atoms with Gasteiger partial charge in [0.25, 0.3) is 0 Å². The summed E-state index contributed by atoms with van der Waals surface area (Å²) < 4.78 is 5.28. The maximum atomic E-state index is 11.5. The highest BCUT2D eigenvalue weighted by atomic mass is 35.5. The minimum absolute atomic E-state index is 0.328. The van der Waals surface area contributed by atoms with Crippen LogP contribution in [-0.4, -0.2) is 43.1 Å². The minimum atomic E-state index is 0.328. The van der Waals surface area contributed by atoms with Gasteiger partial charge in [0.05, 0.1) is 5.52 Å². The van der Waals surface area contributed by atoms with E-state index in [2.05, 4.69) is 24.3 Å².